The van der Waals surface area contributed by atoms with E-state index in [9.17, 15) is 0 Å². The Balaban J connectivity index is 2.50. The minimum absolute atomic E-state index is 0.156. The molecule has 2 aromatic rings. The van der Waals surface area contributed by atoms with E-state index in [1.54, 1.807) is 0 Å². The van der Waals surface area contributed by atoms with Crippen molar-refractivity contribution in [1.82, 2.24) is 10.3 Å². The van der Waals surface area contributed by atoms with Crippen LogP contribution in [0.15, 0.2) is 36.7 Å². The Bertz CT molecular complexity index is 465. The monoisotopic (exact) mass is 216 g/mol. The van der Waals surface area contributed by atoms with Gasteiger partial charge in [0.2, 0.25) is 0 Å². The summed E-state index contributed by atoms with van der Waals surface area (Å²) >= 11 is 0. The molecule has 1 unspecified atom stereocenters. The van der Waals surface area contributed by atoms with Gasteiger partial charge in [-0.3, -0.25) is 4.98 Å². The number of rotatable bonds is 4. The van der Waals surface area contributed by atoms with Crippen molar-refractivity contribution in [3.8, 4) is 0 Å². The zero-order chi connectivity index (χ0) is 11.4. The number of nitrogens with one attached hydrogen (secondary N) is 1. The molecule has 1 heterocycles. The van der Waals surface area contributed by atoms with Crippen molar-refractivity contribution in [3.05, 3.63) is 42.2 Å². The van der Waals surface area contributed by atoms with Crippen LogP contribution >= 0.6 is 0 Å². The molecule has 1 aromatic carbocycles. The van der Waals surface area contributed by atoms with Crippen molar-refractivity contribution >= 4 is 10.8 Å². The lowest BCUT2D eigenvalue weighted by atomic mass is 10.00. The first-order valence-electron chi connectivity index (χ1n) is 5.47. The number of aliphatic hydroxyl groups excluding tert-OH is 1. The highest BCUT2D eigenvalue weighted by Gasteiger charge is 2.11. The molecular weight excluding hydrogens is 200 g/mol. The Hall–Kier alpha value is -1.45. The van der Waals surface area contributed by atoms with Crippen molar-refractivity contribution in [2.24, 2.45) is 0 Å². The Morgan fingerprint density at radius 2 is 2.12 bits per heavy atom. The van der Waals surface area contributed by atoms with Gasteiger partial charge in [0, 0.05) is 30.4 Å². The normalized spacial score (nSPS) is 12.9. The fraction of sp³-hybridized carbons (Fsp3) is 0.308. The first kappa shape index (κ1) is 11.0. The predicted molar refractivity (Wildman–Crippen MR) is 65.2 cm³/mol. The zero-order valence-corrected chi connectivity index (χ0v) is 9.35. The van der Waals surface area contributed by atoms with E-state index in [1.165, 1.54) is 5.39 Å². The fourth-order valence-electron chi connectivity index (χ4n) is 2.00. The second-order valence-electron chi connectivity index (χ2n) is 3.80. The Kier molecular flexibility index (Phi) is 3.49. The molecule has 1 atom stereocenters. The minimum atomic E-state index is 0.156. The maximum absolute atomic E-state index is 9.04. The summed E-state index contributed by atoms with van der Waals surface area (Å²) in [4.78, 5) is 4.24. The van der Waals surface area contributed by atoms with Crippen LogP contribution in [0.3, 0.4) is 0 Å². The van der Waals surface area contributed by atoms with Crippen LogP contribution in [-0.2, 0) is 0 Å². The van der Waals surface area contributed by atoms with Gasteiger partial charge in [-0.2, -0.15) is 0 Å². The fourth-order valence-corrected chi connectivity index (χ4v) is 2.00. The molecule has 0 saturated heterocycles. The van der Waals surface area contributed by atoms with E-state index in [0.717, 1.165) is 10.9 Å². The third kappa shape index (κ3) is 2.05. The third-order valence-electron chi connectivity index (χ3n) is 2.84. The van der Waals surface area contributed by atoms with E-state index in [-0.39, 0.29) is 12.6 Å². The smallest absolute Gasteiger partial charge is 0.0449 e. The molecular formula is C13H16N2O. The summed E-state index contributed by atoms with van der Waals surface area (Å²) < 4.78 is 0. The second-order valence-corrected chi connectivity index (χ2v) is 3.80. The molecule has 3 heteroatoms. The van der Waals surface area contributed by atoms with Gasteiger partial charge in [0.1, 0.15) is 0 Å². The quantitative estimate of drug-likeness (QED) is 0.820. The molecule has 0 fully saturated rings. The largest absolute Gasteiger partial charge is 0.396 e. The van der Waals surface area contributed by atoms with Crippen molar-refractivity contribution in [3.63, 3.8) is 0 Å². The Morgan fingerprint density at radius 3 is 2.88 bits per heavy atom. The molecule has 0 aliphatic heterocycles. The molecule has 0 spiro atoms. The lowest BCUT2D eigenvalue weighted by Gasteiger charge is -2.16. The standard InChI is InChI=1S/C13H16N2O/c1-14-13(6-7-16)12-9-15-8-10-4-2-3-5-11(10)12/h2-5,8-9,13-14,16H,6-7H2,1H3. The van der Waals surface area contributed by atoms with Gasteiger partial charge in [0.25, 0.3) is 0 Å². The second kappa shape index (κ2) is 5.05. The molecule has 0 saturated carbocycles. The van der Waals surface area contributed by atoms with E-state index < -0.39 is 0 Å². The van der Waals surface area contributed by atoms with E-state index >= 15 is 0 Å². The molecule has 1 aromatic heterocycles. The summed E-state index contributed by atoms with van der Waals surface area (Å²) in [6.07, 6.45) is 4.44. The first-order valence-corrected chi connectivity index (χ1v) is 5.47. The van der Waals surface area contributed by atoms with Gasteiger partial charge < -0.3 is 10.4 Å². The van der Waals surface area contributed by atoms with Crippen LogP contribution in [0.1, 0.15) is 18.0 Å². The maximum atomic E-state index is 9.04. The van der Waals surface area contributed by atoms with Gasteiger partial charge in [-0.05, 0) is 24.4 Å². The van der Waals surface area contributed by atoms with Crippen molar-refractivity contribution < 1.29 is 5.11 Å². The van der Waals surface area contributed by atoms with Crippen LogP contribution in [0.4, 0.5) is 0 Å². The first-order chi connectivity index (χ1) is 7.86. The summed E-state index contributed by atoms with van der Waals surface area (Å²) in [5.74, 6) is 0. The molecule has 0 aliphatic carbocycles. The van der Waals surface area contributed by atoms with Crippen LogP contribution in [0.2, 0.25) is 0 Å². The number of pyridine rings is 1. The van der Waals surface area contributed by atoms with Gasteiger partial charge >= 0.3 is 0 Å². The van der Waals surface area contributed by atoms with Crippen molar-refractivity contribution in [1.29, 1.82) is 0 Å². The highest BCUT2D eigenvalue weighted by atomic mass is 16.3. The number of hydrogen-bond acceptors (Lipinski definition) is 3. The minimum Gasteiger partial charge on any atom is -0.396 e. The number of hydrogen-bond donors (Lipinski definition) is 2. The third-order valence-corrected chi connectivity index (χ3v) is 2.84. The number of aliphatic hydroxyl groups is 1. The average molecular weight is 216 g/mol. The van der Waals surface area contributed by atoms with Gasteiger partial charge in [0.15, 0.2) is 0 Å². The Morgan fingerprint density at radius 1 is 1.31 bits per heavy atom. The van der Waals surface area contributed by atoms with E-state index in [2.05, 4.69) is 22.4 Å². The summed E-state index contributed by atoms with van der Waals surface area (Å²) in [6, 6.07) is 8.33. The van der Waals surface area contributed by atoms with Crippen LogP contribution in [-0.4, -0.2) is 23.7 Å². The summed E-state index contributed by atoms with van der Waals surface area (Å²) in [7, 11) is 1.90. The number of nitrogens with zero attached hydrogens (tertiary/aromatic N) is 1. The number of fused-ring (bicyclic) bond motifs is 1. The summed E-state index contributed by atoms with van der Waals surface area (Å²) in [6.45, 7) is 0.175. The maximum Gasteiger partial charge on any atom is 0.0449 e. The zero-order valence-electron chi connectivity index (χ0n) is 9.35. The number of aromatic nitrogens is 1. The Labute approximate surface area is 95.1 Å². The van der Waals surface area contributed by atoms with Crippen LogP contribution in [0.25, 0.3) is 10.8 Å². The van der Waals surface area contributed by atoms with Crippen molar-refractivity contribution in [2.45, 2.75) is 12.5 Å². The van der Waals surface area contributed by atoms with Gasteiger partial charge in [-0.1, -0.05) is 24.3 Å². The molecule has 0 aliphatic rings. The summed E-state index contributed by atoms with van der Waals surface area (Å²) in [5, 5.41) is 14.6. The van der Waals surface area contributed by atoms with Crippen LogP contribution in [0, 0.1) is 0 Å². The highest BCUT2D eigenvalue weighted by Crippen LogP contribution is 2.24. The molecule has 3 nitrogen and oxygen atoms in total. The molecule has 2 N–H and O–H groups in total. The molecule has 0 amide bonds. The number of benzene rings is 1. The predicted octanol–water partition coefficient (Wildman–Crippen LogP) is 1.88. The van der Waals surface area contributed by atoms with E-state index in [0.29, 0.717) is 6.42 Å². The van der Waals surface area contributed by atoms with Crippen molar-refractivity contribution in [2.75, 3.05) is 13.7 Å². The van der Waals surface area contributed by atoms with E-state index in [1.807, 2.05) is 31.6 Å². The lowest BCUT2D eigenvalue weighted by molar-refractivity contribution is 0.269. The SMILES string of the molecule is CNC(CCO)c1cncc2ccccc12. The van der Waals surface area contributed by atoms with Gasteiger partial charge in [-0.25, -0.2) is 0 Å². The molecule has 84 valence electrons. The van der Waals surface area contributed by atoms with Gasteiger partial charge in [-0.15, -0.1) is 0 Å². The summed E-state index contributed by atoms with van der Waals surface area (Å²) in [5.41, 5.74) is 1.15. The van der Waals surface area contributed by atoms with E-state index in [4.69, 9.17) is 5.11 Å². The van der Waals surface area contributed by atoms with Gasteiger partial charge in [0.05, 0.1) is 0 Å². The molecule has 0 radical (unpaired) electrons. The average Bonchev–Trinajstić information content (AvgIpc) is 2.35. The topological polar surface area (TPSA) is 45.1 Å². The van der Waals surface area contributed by atoms with Crippen LogP contribution < -0.4 is 5.32 Å². The van der Waals surface area contributed by atoms with Crippen LogP contribution in [0.5, 0.6) is 0 Å². The highest BCUT2D eigenvalue weighted by molar-refractivity contribution is 5.85. The molecule has 2 rings (SSSR count). The lowest BCUT2D eigenvalue weighted by Crippen LogP contribution is -2.18. The molecule has 16 heavy (non-hydrogen) atoms. The molecule has 0 bridgehead atoms.